The fourth-order valence-electron chi connectivity index (χ4n) is 3.25. The lowest BCUT2D eigenvalue weighted by Crippen LogP contribution is -2.24. The van der Waals surface area contributed by atoms with Crippen LogP contribution in [0.5, 0.6) is 0 Å². The summed E-state index contributed by atoms with van der Waals surface area (Å²) in [6, 6.07) is 20.4. The quantitative estimate of drug-likeness (QED) is 0.606. The Balaban J connectivity index is 1.79. The first kappa shape index (κ1) is 13.2. The highest BCUT2D eigenvalue weighted by Gasteiger charge is 2.29. The summed E-state index contributed by atoms with van der Waals surface area (Å²) in [5, 5.41) is 10.9. The number of aliphatic hydroxyl groups is 1. The zero-order valence-corrected chi connectivity index (χ0v) is 12.5. The molecule has 1 heterocycles. The van der Waals surface area contributed by atoms with Gasteiger partial charge in [-0.25, -0.2) is 0 Å². The Morgan fingerprint density at radius 3 is 2.50 bits per heavy atom. The minimum absolute atomic E-state index is 0.672. The van der Waals surface area contributed by atoms with Crippen molar-refractivity contribution in [3.05, 3.63) is 89.2 Å². The molecule has 3 aromatic rings. The van der Waals surface area contributed by atoms with E-state index in [2.05, 4.69) is 41.4 Å². The number of nitrogens with zero attached hydrogens (tertiary/aromatic N) is 1. The number of hydrogen-bond acceptors (Lipinski definition) is 2. The molecule has 22 heavy (non-hydrogen) atoms. The summed E-state index contributed by atoms with van der Waals surface area (Å²) in [5.74, 6) is 0. The van der Waals surface area contributed by atoms with E-state index in [0.717, 1.165) is 12.0 Å². The van der Waals surface area contributed by atoms with E-state index in [4.69, 9.17) is 0 Å². The van der Waals surface area contributed by atoms with Gasteiger partial charge in [0.25, 0.3) is 0 Å². The van der Waals surface area contributed by atoms with Crippen LogP contribution in [-0.4, -0.2) is 10.1 Å². The molecule has 0 fully saturated rings. The maximum Gasteiger partial charge on any atom is 0.129 e. The Bertz CT molecular complexity index is 837. The van der Waals surface area contributed by atoms with Crippen molar-refractivity contribution in [1.29, 1.82) is 0 Å². The molecule has 2 heteroatoms. The first-order valence-electron chi connectivity index (χ1n) is 7.52. The first-order chi connectivity index (χ1) is 10.7. The third-order valence-electron chi connectivity index (χ3n) is 4.52. The van der Waals surface area contributed by atoms with Crippen LogP contribution in [-0.2, 0) is 12.0 Å². The molecule has 0 amide bonds. The van der Waals surface area contributed by atoms with Crippen molar-refractivity contribution in [3.63, 3.8) is 0 Å². The Kier molecular flexibility index (Phi) is 2.88. The van der Waals surface area contributed by atoms with E-state index in [1.54, 1.807) is 13.1 Å². The predicted molar refractivity (Wildman–Crippen MR) is 87.6 cm³/mol. The summed E-state index contributed by atoms with van der Waals surface area (Å²) >= 11 is 0. The van der Waals surface area contributed by atoms with E-state index >= 15 is 0 Å². The molecule has 0 saturated heterocycles. The lowest BCUT2D eigenvalue weighted by molar-refractivity contribution is 0.0973. The molecule has 2 nitrogen and oxygen atoms in total. The van der Waals surface area contributed by atoms with E-state index in [1.807, 2.05) is 24.3 Å². The standard InChI is InChI=1S/C20H17NO/c1-20(22,19-8-4-5-11-21-19)16-9-10-18-15(13-16)12-14-6-2-3-7-17(14)18/h2-11,13,22H,12H2,1H3/t20-/m1/s1. The molecule has 2 aromatic carbocycles. The van der Waals surface area contributed by atoms with Crippen molar-refractivity contribution in [2.45, 2.75) is 18.9 Å². The summed E-state index contributed by atoms with van der Waals surface area (Å²) in [6.45, 7) is 1.80. The van der Waals surface area contributed by atoms with E-state index in [1.165, 1.54) is 22.3 Å². The van der Waals surface area contributed by atoms with Gasteiger partial charge >= 0.3 is 0 Å². The highest BCUT2D eigenvalue weighted by atomic mass is 16.3. The number of fused-ring (bicyclic) bond motifs is 3. The predicted octanol–water partition coefficient (Wildman–Crippen LogP) is 3.91. The van der Waals surface area contributed by atoms with Crippen LogP contribution in [0.1, 0.15) is 29.3 Å². The number of pyridine rings is 1. The van der Waals surface area contributed by atoms with Gasteiger partial charge in [-0.3, -0.25) is 4.98 Å². The Morgan fingerprint density at radius 2 is 1.68 bits per heavy atom. The van der Waals surface area contributed by atoms with Crippen LogP contribution < -0.4 is 0 Å². The van der Waals surface area contributed by atoms with Gasteiger partial charge in [-0.15, -0.1) is 0 Å². The van der Waals surface area contributed by atoms with Crippen molar-refractivity contribution >= 4 is 0 Å². The number of hydrogen-bond donors (Lipinski definition) is 1. The molecule has 1 N–H and O–H groups in total. The third-order valence-corrected chi connectivity index (χ3v) is 4.52. The van der Waals surface area contributed by atoms with Gasteiger partial charge in [0.15, 0.2) is 0 Å². The van der Waals surface area contributed by atoms with Crippen LogP contribution in [0.4, 0.5) is 0 Å². The molecule has 4 rings (SSSR count). The van der Waals surface area contributed by atoms with Crippen LogP contribution in [0.25, 0.3) is 11.1 Å². The molecule has 1 aliphatic carbocycles. The Labute approximate surface area is 130 Å². The van der Waals surface area contributed by atoms with Crippen LogP contribution in [0.15, 0.2) is 66.9 Å². The molecule has 0 spiro atoms. The SMILES string of the molecule is C[C@@](O)(c1ccc2c(c1)Cc1ccccc1-2)c1ccccn1. The van der Waals surface area contributed by atoms with Gasteiger partial charge < -0.3 is 5.11 Å². The molecule has 1 aliphatic rings. The van der Waals surface area contributed by atoms with Crippen molar-refractivity contribution in [1.82, 2.24) is 4.98 Å². The van der Waals surface area contributed by atoms with Crippen molar-refractivity contribution in [2.75, 3.05) is 0 Å². The summed E-state index contributed by atoms with van der Waals surface area (Å²) < 4.78 is 0. The molecular weight excluding hydrogens is 270 g/mol. The minimum atomic E-state index is -1.08. The van der Waals surface area contributed by atoms with Gasteiger partial charge in [-0.1, -0.05) is 48.5 Å². The summed E-state index contributed by atoms with van der Waals surface area (Å²) in [7, 11) is 0. The average Bonchev–Trinajstić information content (AvgIpc) is 2.93. The molecule has 0 bridgehead atoms. The molecule has 1 atom stereocenters. The minimum Gasteiger partial charge on any atom is -0.379 e. The monoisotopic (exact) mass is 287 g/mol. The van der Waals surface area contributed by atoms with Crippen molar-refractivity contribution in [3.8, 4) is 11.1 Å². The lowest BCUT2D eigenvalue weighted by Gasteiger charge is -2.24. The van der Waals surface area contributed by atoms with Crippen molar-refractivity contribution in [2.24, 2.45) is 0 Å². The second-order valence-electron chi connectivity index (χ2n) is 5.99. The highest BCUT2D eigenvalue weighted by Crippen LogP contribution is 2.39. The summed E-state index contributed by atoms with van der Waals surface area (Å²) in [6.07, 6.45) is 2.64. The second-order valence-corrected chi connectivity index (χ2v) is 5.99. The van der Waals surface area contributed by atoms with Gasteiger partial charge in [-0.05, 0) is 53.3 Å². The number of rotatable bonds is 2. The highest BCUT2D eigenvalue weighted by molar-refractivity contribution is 5.77. The zero-order valence-electron chi connectivity index (χ0n) is 12.5. The van der Waals surface area contributed by atoms with Crippen LogP contribution >= 0.6 is 0 Å². The zero-order chi connectivity index (χ0) is 15.2. The normalized spacial score (nSPS) is 15.0. The van der Waals surface area contributed by atoms with E-state index in [9.17, 15) is 5.11 Å². The van der Waals surface area contributed by atoms with Crippen LogP contribution in [0.3, 0.4) is 0 Å². The van der Waals surface area contributed by atoms with Gasteiger partial charge in [0.05, 0.1) is 5.69 Å². The van der Waals surface area contributed by atoms with E-state index in [0.29, 0.717) is 5.69 Å². The maximum absolute atomic E-state index is 10.9. The second kappa shape index (κ2) is 4.79. The summed E-state index contributed by atoms with van der Waals surface area (Å²) in [4.78, 5) is 4.31. The maximum atomic E-state index is 10.9. The first-order valence-corrected chi connectivity index (χ1v) is 7.52. The third kappa shape index (κ3) is 1.96. The molecular formula is C20H17NO. The topological polar surface area (TPSA) is 33.1 Å². The molecule has 0 unspecified atom stereocenters. The average molecular weight is 287 g/mol. The van der Waals surface area contributed by atoms with Gasteiger partial charge in [-0.2, -0.15) is 0 Å². The van der Waals surface area contributed by atoms with E-state index < -0.39 is 5.60 Å². The lowest BCUT2D eigenvalue weighted by atomic mass is 9.89. The summed E-state index contributed by atoms with van der Waals surface area (Å²) in [5.41, 5.74) is 5.69. The number of benzene rings is 2. The van der Waals surface area contributed by atoms with Crippen LogP contribution in [0, 0.1) is 0 Å². The largest absolute Gasteiger partial charge is 0.379 e. The van der Waals surface area contributed by atoms with Gasteiger partial charge in [0.1, 0.15) is 5.60 Å². The Morgan fingerprint density at radius 1 is 0.909 bits per heavy atom. The Hall–Kier alpha value is -2.45. The molecule has 0 saturated carbocycles. The van der Waals surface area contributed by atoms with Crippen LogP contribution in [0.2, 0.25) is 0 Å². The van der Waals surface area contributed by atoms with Crippen molar-refractivity contribution < 1.29 is 5.11 Å². The van der Waals surface area contributed by atoms with Gasteiger partial charge in [0.2, 0.25) is 0 Å². The molecule has 0 radical (unpaired) electrons. The fraction of sp³-hybridized carbons (Fsp3) is 0.150. The van der Waals surface area contributed by atoms with E-state index in [-0.39, 0.29) is 0 Å². The molecule has 0 aliphatic heterocycles. The molecule has 108 valence electrons. The fourth-order valence-corrected chi connectivity index (χ4v) is 3.25. The smallest absolute Gasteiger partial charge is 0.129 e. The van der Waals surface area contributed by atoms with Gasteiger partial charge in [0, 0.05) is 6.20 Å². The number of aromatic nitrogens is 1. The molecule has 1 aromatic heterocycles.